The quantitative estimate of drug-likeness (QED) is 0.776. The van der Waals surface area contributed by atoms with Gasteiger partial charge in [-0.15, -0.1) is 11.3 Å². The van der Waals surface area contributed by atoms with Crippen molar-refractivity contribution in [2.75, 3.05) is 6.61 Å². The molecule has 1 saturated carbocycles. The summed E-state index contributed by atoms with van der Waals surface area (Å²) in [5, 5.41) is 11.3. The fourth-order valence-electron chi connectivity index (χ4n) is 1.71. The second kappa shape index (κ2) is 3.08. The fourth-order valence-corrected chi connectivity index (χ4v) is 2.78. The maximum absolute atomic E-state index is 9.24. The molecule has 72 valence electrons. The maximum atomic E-state index is 9.24. The van der Waals surface area contributed by atoms with Crippen LogP contribution in [0.1, 0.15) is 29.3 Å². The molecule has 1 heterocycles. The smallest absolute Gasteiger partial charge is 0.0505 e. The average molecular weight is 197 g/mol. The van der Waals surface area contributed by atoms with E-state index in [4.69, 9.17) is 5.73 Å². The van der Waals surface area contributed by atoms with Crippen LogP contribution in [0, 0.1) is 12.3 Å². The van der Waals surface area contributed by atoms with Crippen molar-refractivity contribution < 1.29 is 5.11 Å². The molecule has 13 heavy (non-hydrogen) atoms. The fraction of sp³-hybridized carbons (Fsp3) is 0.600. The largest absolute Gasteiger partial charge is 0.396 e. The molecule has 0 saturated heterocycles. The summed E-state index contributed by atoms with van der Waals surface area (Å²) in [6.45, 7) is 2.31. The SMILES string of the molecule is Cc1ccsc1C(N)C1(CO)CC1. The maximum Gasteiger partial charge on any atom is 0.0505 e. The molecule has 0 bridgehead atoms. The standard InChI is InChI=1S/C10H15NOS/c1-7-2-5-13-8(7)9(11)10(6-12)3-4-10/h2,5,9,12H,3-4,6,11H2,1H3. The van der Waals surface area contributed by atoms with Crippen molar-refractivity contribution >= 4 is 11.3 Å². The minimum atomic E-state index is 0.00954. The van der Waals surface area contributed by atoms with Crippen LogP contribution < -0.4 is 5.73 Å². The van der Waals surface area contributed by atoms with Crippen LogP contribution in [0.2, 0.25) is 0 Å². The molecule has 1 fully saturated rings. The molecule has 1 aromatic rings. The number of aliphatic hydroxyl groups excluding tert-OH is 1. The molecule has 2 nitrogen and oxygen atoms in total. The third kappa shape index (κ3) is 1.41. The molecular formula is C10H15NOS. The zero-order valence-corrected chi connectivity index (χ0v) is 8.60. The zero-order valence-electron chi connectivity index (χ0n) is 7.79. The van der Waals surface area contributed by atoms with Gasteiger partial charge in [0.15, 0.2) is 0 Å². The van der Waals surface area contributed by atoms with Gasteiger partial charge in [0, 0.05) is 16.3 Å². The van der Waals surface area contributed by atoms with Gasteiger partial charge in [0.2, 0.25) is 0 Å². The minimum absolute atomic E-state index is 0.00954. The van der Waals surface area contributed by atoms with Crippen molar-refractivity contribution in [1.82, 2.24) is 0 Å². The van der Waals surface area contributed by atoms with Gasteiger partial charge in [-0.05, 0) is 36.8 Å². The van der Waals surface area contributed by atoms with E-state index < -0.39 is 0 Å². The Labute approximate surface area is 82.4 Å². The predicted molar refractivity (Wildman–Crippen MR) is 54.7 cm³/mol. The van der Waals surface area contributed by atoms with Crippen LogP contribution >= 0.6 is 11.3 Å². The number of thiophene rings is 1. The Balaban J connectivity index is 2.22. The second-order valence-electron chi connectivity index (χ2n) is 3.97. The van der Waals surface area contributed by atoms with E-state index in [1.165, 1.54) is 10.4 Å². The van der Waals surface area contributed by atoms with Crippen molar-refractivity contribution in [3.63, 3.8) is 0 Å². The second-order valence-corrected chi connectivity index (χ2v) is 4.91. The van der Waals surface area contributed by atoms with Gasteiger partial charge in [-0.1, -0.05) is 0 Å². The monoisotopic (exact) mass is 197 g/mol. The highest BCUT2D eigenvalue weighted by molar-refractivity contribution is 7.10. The van der Waals surface area contributed by atoms with E-state index >= 15 is 0 Å². The van der Waals surface area contributed by atoms with E-state index in [0.29, 0.717) is 0 Å². The van der Waals surface area contributed by atoms with Gasteiger partial charge >= 0.3 is 0 Å². The summed E-state index contributed by atoms with van der Waals surface area (Å²) in [5.41, 5.74) is 7.41. The molecule has 1 atom stereocenters. The van der Waals surface area contributed by atoms with Gasteiger partial charge in [-0.2, -0.15) is 0 Å². The van der Waals surface area contributed by atoms with Crippen LogP contribution in [0.5, 0.6) is 0 Å². The average Bonchev–Trinajstić information content (AvgIpc) is 2.83. The van der Waals surface area contributed by atoms with Crippen molar-refractivity contribution in [3.8, 4) is 0 Å². The molecule has 0 aliphatic heterocycles. The van der Waals surface area contributed by atoms with E-state index in [-0.39, 0.29) is 18.1 Å². The normalized spacial score (nSPS) is 21.5. The Bertz CT molecular complexity index is 304. The summed E-state index contributed by atoms with van der Waals surface area (Å²) in [6.07, 6.45) is 2.14. The molecule has 3 N–H and O–H groups in total. The van der Waals surface area contributed by atoms with Crippen LogP contribution in [0.4, 0.5) is 0 Å². The van der Waals surface area contributed by atoms with E-state index in [1.54, 1.807) is 11.3 Å². The van der Waals surface area contributed by atoms with E-state index in [1.807, 2.05) is 0 Å². The Morgan fingerprint density at radius 1 is 1.69 bits per heavy atom. The van der Waals surface area contributed by atoms with Crippen molar-refractivity contribution in [3.05, 3.63) is 21.9 Å². The van der Waals surface area contributed by atoms with Crippen molar-refractivity contribution in [2.24, 2.45) is 11.1 Å². The Kier molecular flexibility index (Phi) is 2.18. The van der Waals surface area contributed by atoms with E-state index in [0.717, 1.165) is 12.8 Å². The molecule has 0 aromatic carbocycles. The first-order valence-electron chi connectivity index (χ1n) is 4.60. The van der Waals surface area contributed by atoms with Crippen LogP contribution in [0.15, 0.2) is 11.4 Å². The van der Waals surface area contributed by atoms with Gasteiger partial charge in [-0.25, -0.2) is 0 Å². The van der Waals surface area contributed by atoms with Gasteiger partial charge in [-0.3, -0.25) is 0 Å². The van der Waals surface area contributed by atoms with Gasteiger partial charge in [0.05, 0.1) is 6.61 Å². The van der Waals surface area contributed by atoms with Gasteiger partial charge < -0.3 is 10.8 Å². The Hall–Kier alpha value is -0.380. The molecule has 1 unspecified atom stereocenters. The molecule has 0 amide bonds. The van der Waals surface area contributed by atoms with Crippen LogP contribution in [0.3, 0.4) is 0 Å². The summed E-state index contributed by atoms with van der Waals surface area (Å²) in [7, 11) is 0. The van der Waals surface area contributed by atoms with Crippen LogP contribution in [-0.4, -0.2) is 11.7 Å². The molecule has 0 spiro atoms. The van der Waals surface area contributed by atoms with Crippen LogP contribution in [0.25, 0.3) is 0 Å². The molecule has 3 heteroatoms. The topological polar surface area (TPSA) is 46.2 Å². The lowest BCUT2D eigenvalue weighted by Gasteiger charge is -2.20. The molecule has 1 aromatic heterocycles. The third-order valence-electron chi connectivity index (χ3n) is 3.05. The first-order chi connectivity index (χ1) is 6.19. The van der Waals surface area contributed by atoms with Crippen LogP contribution in [-0.2, 0) is 0 Å². The Morgan fingerprint density at radius 3 is 2.77 bits per heavy atom. The highest BCUT2D eigenvalue weighted by Gasteiger charge is 2.48. The Morgan fingerprint density at radius 2 is 2.38 bits per heavy atom. The summed E-state index contributed by atoms with van der Waals surface area (Å²) >= 11 is 1.70. The third-order valence-corrected chi connectivity index (χ3v) is 4.15. The van der Waals surface area contributed by atoms with Gasteiger partial charge in [0.1, 0.15) is 0 Å². The lowest BCUT2D eigenvalue weighted by molar-refractivity contribution is 0.188. The predicted octanol–water partition coefficient (Wildman–Crippen LogP) is 1.83. The summed E-state index contributed by atoms with van der Waals surface area (Å²) in [5.74, 6) is 0. The zero-order chi connectivity index (χ0) is 9.47. The number of rotatable bonds is 3. The molecule has 2 rings (SSSR count). The number of aliphatic hydroxyl groups is 1. The minimum Gasteiger partial charge on any atom is -0.396 e. The van der Waals surface area contributed by atoms with Gasteiger partial charge in [0.25, 0.3) is 0 Å². The number of hydrogen-bond donors (Lipinski definition) is 2. The highest BCUT2D eigenvalue weighted by atomic mass is 32.1. The van der Waals surface area contributed by atoms with E-state index in [2.05, 4.69) is 18.4 Å². The van der Waals surface area contributed by atoms with Crippen molar-refractivity contribution in [1.29, 1.82) is 0 Å². The summed E-state index contributed by atoms with van der Waals surface area (Å²) < 4.78 is 0. The first kappa shape index (κ1) is 9.19. The number of hydrogen-bond acceptors (Lipinski definition) is 3. The lowest BCUT2D eigenvalue weighted by atomic mass is 9.95. The molecule has 1 aliphatic carbocycles. The lowest BCUT2D eigenvalue weighted by Crippen LogP contribution is -2.25. The molecule has 0 radical (unpaired) electrons. The molecular weight excluding hydrogens is 182 g/mol. The number of nitrogens with two attached hydrogens (primary N) is 1. The first-order valence-corrected chi connectivity index (χ1v) is 5.48. The van der Waals surface area contributed by atoms with E-state index in [9.17, 15) is 5.11 Å². The summed E-state index contributed by atoms with van der Waals surface area (Å²) in [6, 6.07) is 2.13. The van der Waals surface area contributed by atoms with Crippen molar-refractivity contribution in [2.45, 2.75) is 25.8 Å². The highest BCUT2D eigenvalue weighted by Crippen LogP contribution is 2.54. The summed E-state index contributed by atoms with van der Waals surface area (Å²) in [4.78, 5) is 1.24. The number of aryl methyl sites for hydroxylation is 1. The molecule has 1 aliphatic rings.